The number of anilines is 1. The highest BCUT2D eigenvalue weighted by Gasteiger charge is 2.19. The van der Waals surface area contributed by atoms with Gasteiger partial charge in [0.15, 0.2) is 12.1 Å². The second kappa shape index (κ2) is 11.6. The van der Waals surface area contributed by atoms with Crippen molar-refractivity contribution < 1.29 is 14.7 Å². The number of amidine groups is 1. The third kappa shape index (κ3) is 5.69. The van der Waals surface area contributed by atoms with Gasteiger partial charge in [-0.15, -0.1) is 0 Å². The first kappa shape index (κ1) is 24.5. The van der Waals surface area contributed by atoms with Gasteiger partial charge in [-0.2, -0.15) is 0 Å². The summed E-state index contributed by atoms with van der Waals surface area (Å²) >= 11 is 3.41. The van der Waals surface area contributed by atoms with Crippen molar-refractivity contribution in [3.63, 3.8) is 0 Å². The highest BCUT2D eigenvalue weighted by atomic mass is 79.9. The molecule has 0 fully saturated rings. The Morgan fingerprint density at radius 2 is 2.00 bits per heavy atom. The SMILES string of the molecule is CC.CC.Cc1ccc(C2=NC(CO)ON2)cc1NC(=O)c1cnc2ccc(Br)cn12. The molecular formula is C22H28BrN5O3. The summed E-state index contributed by atoms with van der Waals surface area (Å²) in [5.74, 6) is 0.231. The van der Waals surface area contributed by atoms with Crippen molar-refractivity contribution in [1.82, 2.24) is 14.9 Å². The van der Waals surface area contributed by atoms with Gasteiger partial charge in [-0.3, -0.25) is 9.20 Å². The summed E-state index contributed by atoms with van der Waals surface area (Å²) in [5.41, 5.74) is 6.10. The summed E-state index contributed by atoms with van der Waals surface area (Å²) in [6.07, 6.45) is 2.71. The number of aliphatic hydroxyl groups is 1. The molecule has 0 spiro atoms. The molecule has 0 radical (unpaired) electrons. The largest absolute Gasteiger partial charge is 0.392 e. The predicted octanol–water partition coefficient (Wildman–Crippen LogP) is 4.31. The van der Waals surface area contributed by atoms with E-state index in [0.29, 0.717) is 22.9 Å². The minimum Gasteiger partial charge on any atom is -0.392 e. The zero-order valence-corrected chi connectivity index (χ0v) is 19.9. The number of hydrogen-bond acceptors (Lipinski definition) is 6. The number of nitrogens with one attached hydrogen (secondary N) is 2. The molecule has 3 heterocycles. The maximum Gasteiger partial charge on any atom is 0.274 e. The highest BCUT2D eigenvalue weighted by Crippen LogP contribution is 2.20. The summed E-state index contributed by atoms with van der Waals surface area (Å²) in [7, 11) is 0. The van der Waals surface area contributed by atoms with Gasteiger partial charge < -0.3 is 10.4 Å². The molecule has 0 saturated carbocycles. The molecule has 1 unspecified atom stereocenters. The van der Waals surface area contributed by atoms with E-state index in [4.69, 9.17) is 9.94 Å². The van der Waals surface area contributed by atoms with Gasteiger partial charge in [-0.25, -0.2) is 20.3 Å². The van der Waals surface area contributed by atoms with Gasteiger partial charge in [0.2, 0.25) is 0 Å². The van der Waals surface area contributed by atoms with E-state index in [1.54, 1.807) is 22.9 Å². The first-order valence-corrected chi connectivity index (χ1v) is 11.0. The van der Waals surface area contributed by atoms with Crippen molar-refractivity contribution in [2.24, 2.45) is 4.99 Å². The van der Waals surface area contributed by atoms with Crippen LogP contribution in [0.3, 0.4) is 0 Å². The molecule has 31 heavy (non-hydrogen) atoms. The number of aryl methyl sites for hydroxylation is 1. The summed E-state index contributed by atoms with van der Waals surface area (Å²) in [5, 5.41) is 12.0. The summed E-state index contributed by atoms with van der Waals surface area (Å²) in [6, 6.07) is 9.25. The molecule has 2 aromatic heterocycles. The van der Waals surface area contributed by atoms with E-state index in [0.717, 1.165) is 15.6 Å². The molecule has 3 N–H and O–H groups in total. The molecule has 0 aliphatic carbocycles. The van der Waals surface area contributed by atoms with Gasteiger partial charge in [-0.05, 0) is 46.6 Å². The zero-order chi connectivity index (χ0) is 23.0. The van der Waals surface area contributed by atoms with Crippen LogP contribution in [-0.2, 0) is 4.84 Å². The second-order valence-corrected chi connectivity index (χ2v) is 6.95. The van der Waals surface area contributed by atoms with Gasteiger partial charge in [-0.1, -0.05) is 39.8 Å². The van der Waals surface area contributed by atoms with Crippen LogP contribution in [0.2, 0.25) is 0 Å². The molecule has 1 aliphatic rings. The van der Waals surface area contributed by atoms with E-state index in [1.807, 2.05) is 58.9 Å². The van der Waals surface area contributed by atoms with E-state index in [-0.39, 0.29) is 12.5 Å². The molecule has 166 valence electrons. The number of pyridine rings is 1. The number of aliphatic imine (C=N–C) groups is 1. The fourth-order valence-electron chi connectivity index (χ4n) is 2.75. The smallest absolute Gasteiger partial charge is 0.274 e. The number of nitrogens with zero attached hydrogens (tertiary/aromatic N) is 3. The lowest BCUT2D eigenvalue weighted by Gasteiger charge is -2.11. The molecule has 1 amide bonds. The predicted molar refractivity (Wildman–Crippen MR) is 126 cm³/mol. The quantitative estimate of drug-likeness (QED) is 0.506. The number of hydrogen-bond donors (Lipinski definition) is 3. The number of aliphatic hydroxyl groups excluding tert-OH is 1. The lowest BCUT2D eigenvalue weighted by atomic mass is 10.1. The second-order valence-electron chi connectivity index (χ2n) is 6.04. The fourth-order valence-corrected chi connectivity index (χ4v) is 3.08. The number of imidazole rings is 1. The van der Waals surface area contributed by atoms with Gasteiger partial charge in [0, 0.05) is 21.9 Å². The highest BCUT2D eigenvalue weighted by molar-refractivity contribution is 9.10. The zero-order valence-electron chi connectivity index (χ0n) is 18.3. The van der Waals surface area contributed by atoms with Crippen LogP contribution in [0.1, 0.15) is 49.3 Å². The fraction of sp³-hybridized carbons (Fsp3) is 0.318. The molecule has 1 aliphatic heterocycles. The Kier molecular flexibility index (Phi) is 9.17. The minimum atomic E-state index is -0.629. The molecule has 1 atom stereocenters. The van der Waals surface area contributed by atoms with Crippen LogP contribution in [0.25, 0.3) is 5.65 Å². The lowest BCUT2D eigenvalue weighted by Crippen LogP contribution is -2.21. The van der Waals surface area contributed by atoms with Crippen LogP contribution in [0.15, 0.2) is 52.2 Å². The Bertz CT molecular complexity index is 1060. The van der Waals surface area contributed by atoms with Crippen LogP contribution in [0.5, 0.6) is 0 Å². The van der Waals surface area contributed by atoms with Crippen LogP contribution < -0.4 is 10.8 Å². The van der Waals surface area contributed by atoms with Crippen molar-refractivity contribution in [1.29, 1.82) is 0 Å². The van der Waals surface area contributed by atoms with Crippen molar-refractivity contribution in [3.05, 3.63) is 64.0 Å². The number of hydroxylamine groups is 1. The van der Waals surface area contributed by atoms with Crippen molar-refractivity contribution in [2.75, 3.05) is 11.9 Å². The van der Waals surface area contributed by atoms with Gasteiger partial charge >= 0.3 is 0 Å². The lowest BCUT2D eigenvalue weighted by molar-refractivity contribution is 0.00323. The van der Waals surface area contributed by atoms with Crippen LogP contribution in [0.4, 0.5) is 5.69 Å². The third-order valence-corrected chi connectivity index (χ3v) is 4.65. The first-order valence-electron chi connectivity index (χ1n) is 10.2. The minimum absolute atomic E-state index is 0.212. The molecule has 8 nitrogen and oxygen atoms in total. The average Bonchev–Trinajstić information content (AvgIpc) is 3.45. The number of fused-ring (bicyclic) bond motifs is 1. The van der Waals surface area contributed by atoms with Crippen molar-refractivity contribution in [2.45, 2.75) is 40.8 Å². The molecule has 0 bridgehead atoms. The summed E-state index contributed by atoms with van der Waals surface area (Å²) in [6.45, 7) is 9.69. The molecule has 1 aromatic carbocycles. The number of benzene rings is 1. The number of carbonyl (C=O) groups excluding carboxylic acids is 1. The van der Waals surface area contributed by atoms with Crippen molar-refractivity contribution >= 4 is 39.0 Å². The Morgan fingerprint density at radius 1 is 1.26 bits per heavy atom. The standard InChI is InChI=1S/C18H16BrN5O3.2C2H6/c1-10-2-3-11(17-22-16(9-25)27-23-17)6-13(10)21-18(26)14-7-20-15-5-4-12(19)8-24(14)15;2*1-2/h2-8,16,25H,9H2,1H3,(H,21,26)(H,22,23);2*1-2H3. The topological polar surface area (TPSA) is 100 Å². The first-order chi connectivity index (χ1) is 15.0. The van der Waals surface area contributed by atoms with Gasteiger partial charge in [0.25, 0.3) is 5.91 Å². The number of aromatic nitrogens is 2. The van der Waals surface area contributed by atoms with Gasteiger partial charge in [0.1, 0.15) is 11.3 Å². The number of rotatable bonds is 4. The van der Waals surface area contributed by atoms with Crippen LogP contribution in [0, 0.1) is 6.92 Å². The molecule has 9 heteroatoms. The Labute approximate surface area is 190 Å². The molecule has 0 saturated heterocycles. The Balaban J connectivity index is 0.000000807. The average molecular weight is 490 g/mol. The van der Waals surface area contributed by atoms with E-state index < -0.39 is 6.23 Å². The third-order valence-electron chi connectivity index (χ3n) is 4.18. The summed E-state index contributed by atoms with van der Waals surface area (Å²) < 4.78 is 2.57. The Morgan fingerprint density at radius 3 is 2.68 bits per heavy atom. The van der Waals surface area contributed by atoms with Crippen molar-refractivity contribution in [3.8, 4) is 0 Å². The van der Waals surface area contributed by atoms with Gasteiger partial charge in [0.05, 0.1) is 12.8 Å². The number of carbonyl (C=O) groups is 1. The molecular weight excluding hydrogens is 462 g/mol. The van der Waals surface area contributed by atoms with Crippen LogP contribution in [-0.4, -0.2) is 39.1 Å². The maximum atomic E-state index is 12.8. The van der Waals surface area contributed by atoms with E-state index >= 15 is 0 Å². The molecule has 4 rings (SSSR count). The number of amides is 1. The van der Waals surface area contributed by atoms with E-state index in [1.165, 1.54) is 0 Å². The Hall–Kier alpha value is -2.75. The number of halogens is 1. The summed E-state index contributed by atoms with van der Waals surface area (Å²) in [4.78, 5) is 26.4. The maximum absolute atomic E-state index is 12.8. The van der Waals surface area contributed by atoms with Crippen LogP contribution >= 0.6 is 15.9 Å². The normalized spacial score (nSPS) is 14.5. The monoisotopic (exact) mass is 489 g/mol. The van der Waals surface area contributed by atoms with E-state index in [2.05, 4.69) is 36.7 Å². The van der Waals surface area contributed by atoms with E-state index in [9.17, 15) is 4.79 Å². The molecule has 3 aromatic rings.